The molecule has 116 valence electrons. The number of ketones is 1. The normalized spacial score (nSPS) is 24.4. The second-order valence-electron chi connectivity index (χ2n) is 6.82. The zero-order chi connectivity index (χ0) is 16.8. The highest BCUT2D eigenvalue weighted by Gasteiger charge is 2.57. The highest BCUT2D eigenvalue weighted by atomic mass is 35.5. The van der Waals surface area contributed by atoms with Crippen molar-refractivity contribution in [3.8, 4) is 12.1 Å². The van der Waals surface area contributed by atoms with E-state index in [4.69, 9.17) is 16.3 Å². The van der Waals surface area contributed by atoms with Crippen LogP contribution in [0.5, 0.6) is 0 Å². The topological polar surface area (TPSA) is 73.9 Å². The lowest BCUT2D eigenvalue weighted by molar-refractivity contribution is -0.118. The van der Waals surface area contributed by atoms with E-state index in [1.165, 1.54) is 0 Å². The van der Waals surface area contributed by atoms with E-state index in [0.29, 0.717) is 29.2 Å². The Balaban J connectivity index is 2.13. The highest BCUT2D eigenvalue weighted by Crippen LogP contribution is 2.56. The molecule has 2 aliphatic rings. The molecule has 0 N–H and O–H groups in total. The van der Waals surface area contributed by atoms with Gasteiger partial charge in [-0.25, -0.2) is 0 Å². The number of carbonyl (C=O) groups excluding carboxylic acids is 1. The largest absolute Gasteiger partial charge is 0.486 e. The molecule has 1 aliphatic carbocycles. The maximum Gasteiger partial charge on any atom is 0.215 e. The van der Waals surface area contributed by atoms with Gasteiger partial charge in [0.1, 0.15) is 5.76 Å². The van der Waals surface area contributed by atoms with Crippen molar-refractivity contribution in [1.29, 1.82) is 10.5 Å². The molecule has 0 radical (unpaired) electrons. The molecular formula is C18H15ClN2O2. The molecule has 3 rings (SSSR count). The van der Waals surface area contributed by atoms with E-state index in [1.807, 2.05) is 26.0 Å². The lowest BCUT2D eigenvalue weighted by Gasteiger charge is -2.29. The minimum atomic E-state index is -1.60. The van der Waals surface area contributed by atoms with Crippen molar-refractivity contribution >= 4 is 17.4 Å². The predicted octanol–water partition coefficient (Wildman–Crippen LogP) is 4.09. The summed E-state index contributed by atoms with van der Waals surface area (Å²) in [4.78, 5) is 12.6. The van der Waals surface area contributed by atoms with Crippen LogP contribution in [-0.4, -0.2) is 5.78 Å². The van der Waals surface area contributed by atoms with Crippen LogP contribution in [0.1, 0.15) is 38.4 Å². The first-order valence-electron chi connectivity index (χ1n) is 7.34. The van der Waals surface area contributed by atoms with Crippen molar-refractivity contribution in [1.82, 2.24) is 0 Å². The molecule has 4 nitrogen and oxygen atoms in total. The molecule has 1 atom stereocenters. The minimum absolute atomic E-state index is 0.171. The summed E-state index contributed by atoms with van der Waals surface area (Å²) in [5, 5.41) is 20.0. The Hall–Kier alpha value is -2.30. The number of benzene rings is 1. The van der Waals surface area contributed by atoms with Gasteiger partial charge in [-0.15, -0.1) is 0 Å². The van der Waals surface area contributed by atoms with Gasteiger partial charge in [0.15, 0.2) is 11.9 Å². The number of allylic oxidation sites excluding steroid dienone is 1. The van der Waals surface area contributed by atoms with Gasteiger partial charge in [-0.1, -0.05) is 37.6 Å². The molecule has 0 saturated carbocycles. The molecule has 1 unspecified atom stereocenters. The SMILES string of the molecule is CC1(C)CC(=O)C2=C(C1)OC(c1ccc(Cl)cc1)C2(C#N)C#N. The van der Waals surface area contributed by atoms with E-state index in [0.717, 1.165) is 0 Å². The molecule has 0 amide bonds. The first kappa shape index (κ1) is 15.6. The fraction of sp³-hybridized carbons (Fsp3) is 0.389. The zero-order valence-corrected chi connectivity index (χ0v) is 13.6. The molecule has 1 aromatic rings. The van der Waals surface area contributed by atoms with Crippen molar-refractivity contribution < 1.29 is 9.53 Å². The molecule has 23 heavy (non-hydrogen) atoms. The van der Waals surface area contributed by atoms with Crippen molar-refractivity contribution in [3.63, 3.8) is 0 Å². The Morgan fingerprint density at radius 2 is 1.78 bits per heavy atom. The summed E-state index contributed by atoms with van der Waals surface area (Å²) in [6, 6.07) is 10.9. The van der Waals surface area contributed by atoms with Gasteiger partial charge >= 0.3 is 0 Å². The Morgan fingerprint density at radius 1 is 1.17 bits per heavy atom. The second kappa shape index (κ2) is 5.11. The summed E-state index contributed by atoms with van der Waals surface area (Å²) in [5.41, 5.74) is -0.933. The van der Waals surface area contributed by atoms with Crippen LogP contribution in [-0.2, 0) is 9.53 Å². The van der Waals surface area contributed by atoms with E-state index < -0.39 is 11.5 Å². The van der Waals surface area contributed by atoms with E-state index >= 15 is 0 Å². The van der Waals surface area contributed by atoms with Gasteiger partial charge in [-0.2, -0.15) is 10.5 Å². The average molecular weight is 327 g/mol. The number of hydrogen-bond donors (Lipinski definition) is 0. The number of nitrogens with zero attached hydrogens (tertiary/aromatic N) is 2. The number of Topliss-reactive ketones (excluding diaryl/α,β-unsaturated/α-hetero) is 1. The molecule has 0 aromatic heterocycles. The van der Waals surface area contributed by atoms with E-state index in [2.05, 4.69) is 0 Å². The Bertz CT molecular complexity index is 780. The molecular weight excluding hydrogens is 312 g/mol. The molecule has 1 aromatic carbocycles. The fourth-order valence-electron chi connectivity index (χ4n) is 3.38. The summed E-state index contributed by atoms with van der Waals surface area (Å²) >= 11 is 5.90. The van der Waals surface area contributed by atoms with Gasteiger partial charge in [-0.05, 0) is 23.1 Å². The highest BCUT2D eigenvalue weighted by molar-refractivity contribution is 6.30. The van der Waals surface area contributed by atoms with Gasteiger partial charge in [-0.3, -0.25) is 4.79 Å². The third kappa shape index (κ3) is 2.31. The fourth-order valence-corrected chi connectivity index (χ4v) is 3.50. The smallest absolute Gasteiger partial charge is 0.215 e. The summed E-state index contributed by atoms with van der Waals surface area (Å²) in [6.45, 7) is 3.96. The number of hydrogen-bond acceptors (Lipinski definition) is 4. The number of halogens is 1. The molecule has 0 saturated heterocycles. The third-order valence-electron chi connectivity index (χ3n) is 4.41. The Morgan fingerprint density at radius 3 is 2.35 bits per heavy atom. The summed E-state index contributed by atoms with van der Waals surface area (Å²) in [6.07, 6.45) is 0.0503. The first-order chi connectivity index (χ1) is 10.8. The van der Waals surface area contributed by atoms with Crippen LogP contribution in [0.25, 0.3) is 0 Å². The minimum Gasteiger partial charge on any atom is -0.486 e. The standard InChI is InChI=1S/C18H15ClN2O2/c1-17(2)7-13(22)15-14(8-17)23-16(18(15,9-20)10-21)11-3-5-12(19)6-4-11/h3-6,16H,7-8H2,1-2H3. The second-order valence-corrected chi connectivity index (χ2v) is 7.26. The molecule has 1 heterocycles. The van der Waals surface area contributed by atoms with E-state index in [1.54, 1.807) is 24.3 Å². The number of rotatable bonds is 1. The molecule has 1 aliphatic heterocycles. The van der Waals surface area contributed by atoms with Crippen LogP contribution in [0.2, 0.25) is 5.02 Å². The van der Waals surface area contributed by atoms with Crippen molar-refractivity contribution in [3.05, 3.63) is 46.2 Å². The number of carbonyl (C=O) groups is 1. The summed E-state index contributed by atoms with van der Waals surface area (Å²) in [7, 11) is 0. The van der Waals surface area contributed by atoms with Crippen LogP contribution in [0.3, 0.4) is 0 Å². The first-order valence-corrected chi connectivity index (χ1v) is 7.72. The van der Waals surface area contributed by atoms with Crippen molar-refractivity contribution in [2.24, 2.45) is 10.8 Å². The Kier molecular flexibility index (Phi) is 3.47. The summed E-state index contributed by atoms with van der Waals surface area (Å²) in [5.74, 6) is 0.310. The zero-order valence-electron chi connectivity index (χ0n) is 12.9. The van der Waals surface area contributed by atoms with E-state index in [9.17, 15) is 15.3 Å². The third-order valence-corrected chi connectivity index (χ3v) is 4.66. The number of nitriles is 2. The maximum atomic E-state index is 12.6. The number of ether oxygens (including phenoxy) is 1. The quantitative estimate of drug-likeness (QED) is 0.779. The van der Waals surface area contributed by atoms with Gasteiger partial charge in [0.25, 0.3) is 0 Å². The van der Waals surface area contributed by atoms with Gasteiger partial charge < -0.3 is 4.74 Å². The van der Waals surface area contributed by atoms with E-state index in [-0.39, 0.29) is 16.8 Å². The van der Waals surface area contributed by atoms with Crippen LogP contribution < -0.4 is 0 Å². The van der Waals surface area contributed by atoms with Crippen molar-refractivity contribution in [2.75, 3.05) is 0 Å². The van der Waals surface area contributed by atoms with Crippen LogP contribution in [0.15, 0.2) is 35.6 Å². The molecule has 0 fully saturated rings. The van der Waals surface area contributed by atoms with Crippen LogP contribution in [0, 0.1) is 33.5 Å². The Labute approximate surface area is 139 Å². The predicted molar refractivity (Wildman–Crippen MR) is 84.0 cm³/mol. The lowest BCUT2D eigenvalue weighted by Crippen LogP contribution is -2.32. The summed E-state index contributed by atoms with van der Waals surface area (Å²) < 4.78 is 5.97. The van der Waals surface area contributed by atoms with Crippen LogP contribution >= 0.6 is 11.6 Å². The molecule has 0 spiro atoms. The van der Waals surface area contributed by atoms with Crippen LogP contribution in [0.4, 0.5) is 0 Å². The van der Waals surface area contributed by atoms with Crippen molar-refractivity contribution in [2.45, 2.75) is 32.8 Å². The molecule has 5 heteroatoms. The van der Waals surface area contributed by atoms with Gasteiger partial charge in [0.2, 0.25) is 5.41 Å². The lowest BCUT2D eigenvalue weighted by atomic mass is 9.68. The van der Waals surface area contributed by atoms with Gasteiger partial charge in [0, 0.05) is 17.9 Å². The van der Waals surface area contributed by atoms with Gasteiger partial charge in [0.05, 0.1) is 17.7 Å². The monoisotopic (exact) mass is 326 g/mol. The maximum absolute atomic E-state index is 12.6. The molecule has 0 bridgehead atoms. The average Bonchev–Trinajstić information content (AvgIpc) is 2.81.